The van der Waals surface area contributed by atoms with Crippen molar-refractivity contribution < 1.29 is 9.44 Å². The number of benzene rings is 3. The van der Waals surface area contributed by atoms with E-state index in [1.165, 1.54) is 0 Å². The molecule has 0 radical (unpaired) electrons. The highest BCUT2D eigenvalue weighted by Gasteiger charge is 2.31. The Morgan fingerprint density at radius 3 is 2.23 bits per heavy atom. The molecule has 0 N–H and O–H groups in total. The van der Waals surface area contributed by atoms with Crippen LogP contribution in [0.4, 0.5) is 5.69 Å². The number of amides is 1. The van der Waals surface area contributed by atoms with Crippen molar-refractivity contribution in [2.45, 2.75) is 32.7 Å². The molecule has 0 saturated carbocycles. The van der Waals surface area contributed by atoms with Gasteiger partial charge in [0.05, 0.1) is 29.9 Å². The minimum absolute atomic E-state index is 0.0744. The first-order chi connectivity index (χ1) is 17.1. The number of hydrogen-bond acceptors (Lipinski definition) is 3. The summed E-state index contributed by atoms with van der Waals surface area (Å²) in [6.07, 6.45) is 2.66. The van der Waals surface area contributed by atoms with E-state index in [0.717, 1.165) is 52.7 Å². The van der Waals surface area contributed by atoms with Crippen LogP contribution in [0.25, 0.3) is 22.2 Å². The highest BCUT2D eigenvalue weighted by molar-refractivity contribution is 6.15. The van der Waals surface area contributed by atoms with Crippen LogP contribution in [0.15, 0.2) is 84.9 Å². The molecule has 4 aromatic rings. The first kappa shape index (κ1) is 23.2. The van der Waals surface area contributed by atoms with Crippen LogP contribution >= 0.6 is 0 Å². The lowest BCUT2D eigenvalue weighted by molar-refractivity contribution is -0.881. The number of hydrogen-bond donors (Lipinski definition) is 0. The molecule has 0 atom stereocenters. The van der Waals surface area contributed by atoms with Gasteiger partial charge in [-0.05, 0) is 24.6 Å². The van der Waals surface area contributed by atoms with Crippen molar-refractivity contribution in [3.8, 4) is 11.3 Å². The zero-order valence-corrected chi connectivity index (χ0v) is 20.2. The minimum atomic E-state index is -0.306. The summed E-state index contributed by atoms with van der Waals surface area (Å²) >= 11 is 0. The SMILES string of the molecule is CCCN(C(=O)c1c(C[N+]2([O-])CCCC2)c(-c2ccccc2)nc2ccccc12)c1ccccc1. The van der Waals surface area contributed by atoms with Gasteiger partial charge in [-0.3, -0.25) is 4.79 Å². The van der Waals surface area contributed by atoms with Crippen LogP contribution < -0.4 is 4.90 Å². The molecule has 3 aromatic carbocycles. The van der Waals surface area contributed by atoms with Gasteiger partial charge in [0.2, 0.25) is 0 Å². The third-order valence-corrected chi connectivity index (χ3v) is 6.84. The van der Waals surface area contributed by atoms with Crippen LogP contribution in [0, 0.1) is 5.21 Å². The topological polar surface area (TPSA) is 56.3 Å². The zero-order valence-electron chi connectivity index (χ0n) is 20.2. The molecule has 0 unspecified atom stereocenters. The van der Waals surface area contributed by atoms with Gasteiger partial charge in [-0.15, -0.1) is 0 Å². The number of quaternary nitrogens is 1. The van der Waals surface area contributed by atoms with Crippen molar-refractivity contribution in [2.75, 3.05) is 24.5 Å². The number of carbonyl (C=O) groups excluding carboxylic acids is 1. The molecule has 5 nitrogen and oxygen atoms in total. The van der Waals surface area contributed by atoms with Crippen LogP contribution in [0.3, 0.4) is 0 Å². The summed E-state index contributed by atoms with van der Waals surface area (Å²) in [6, 6.07) is 27.5. The number of hydroxylamine groups is 3. The summed E-state index contributed by atoms with van der Waals surface area (Å²) in [5.41, 5.74) is 4.65. The minimum Gasteiger partial charge on any atom is -0.633 e. The molecule has 178 valence electrons. The molecule has 35 heavy (non-hydrogen) atoms. The average Bonchev–Trinajstić information content (AvgIpc) is 3.33. The van der Waals surface area contributed by atoms with Crippen molar-refractivity contribution >= 4 is 22.5 Å². The van der Waals surface area contributed by atoms with Crippen molar-refractivity contribution in [1.82, 2.24) is 4.98 Å². The second-order valence-electron chi connectivity index (χ2n) is 9.36. The molecule has 0 aliphatic carbocycles. The summed E-state index contributed by atoms with van der Waals surface area (Å²) in [6.45, 7) is 4.07. The third-order valence-electron chi connectivity index (χ3n) is 6.84. The van der Waals surface area contributed by atoms with Crippen molar-refractivity contribution in [3.63, 3.8) is 0 Å². The number of rotatable bonds is 7. The number of likely N-dealkylation sites (tertiary alicyclic amines) is 1. The molecule has 2 heterocycles. The second-order valence-corrected chi connectivity index (χ2v) is 9.36. The predicted molar refractivity (Wildman–Crippen MR) is 142 cm³/mol. The van der Waals surface area contributed by atoms with Crippen molar-refractivity contribution in [1.29, 1.82) is 0 Å². The normalized spacial score (nSPS) is 14.8. The molecule has 0 spiro atoms. The summed E-state index contributed by atoms with van der Waals surface area (Å²) in [5.74, 6) is -0.0744. The largest absolute Gasteiger partial charge is 0.633 e. The number of aromatic nitrogens is 1. The number of fused-ring (bicyclic) bond motifs is 1. The summed E-state index contributed by atoms with van der Waals surface area (Å²) in [5, 5.41) is 14.5. The van der Waals surface area contributed by atoms with Crippen LogP contribution in [-0.4, -0.2) is 35.2 Å². The van der Waals surface area contributed by atoms with E-state index < -0.39 is 0 Å². The maximum atomic E-state index is 14.4. The average molecular weight is 466 g/mol. The van der Waals surface area contributed by atoms with E-state index in [1.54, 1.807) is 0 Å². The summed E-state index contributed by atoms with van der Waals surface area (Å²) in [4.78, 5) is 21.3. The van der Waals surface area contributed by atoms with Gasteiger partial charge in [0, 0.05) is 41.6 Å². The van der Waals surface area contributed by atoms with Crippen molar-refractivity contribution in [2.24, 2.45) is 0 Å². The molecular weight excluding hydrogens is 434 g/mol. The number of anilines is 1. The van der Waals surface area contributed by atoms with Gasteiger partial charge in [-0.25, -0.2) is 4.98 Å². The molecule has 1 fully saturated rings. The Hall–Kier alpha value is -3.54. The van der Waals surface area contributed by atoms with Crippen LogP contribution in [-0.2, 0) is 6.54 Å². The zero-order chi connectivity index (χ0) is 24.3. The predicted octanol–water partition coefficient (Wildman–Crippen LogP) is 6.57. The second kappa shape index (κ2) is 9.98. The van der Waals surface area contributed by atoms with E-state index in [1.807, 2.05) is 89.8 Å². The van der Waals surface area contributed by atoms with E-state index in [-0.39, 0.29) is 17.1 Å². The Balaban J connectivity index is 1.77. The molecule has 1 saturated heterocycles. The number of nitrogens with zero attached hydrogens (tertiary/aromatic N) is 3. The monoisotopic (exact) mass is 465 g/mol. The van der Waals surface area contributed by atoms with E-state index in [2.05, 4.69) is 6.92 Å². The fraction of sp³-hybridized carbons (Fsp3) is 0.267. The molecular formula is C30H31N3O2. The highest BCUT2D eigenvalue weighted by atomic mass is 16.5. The number of pyridine rings is 1. The van der Waals surface area contributed by atoms with E-state index in [0.29, 0.717) is 25.2 Å². The van der Waals surface area contributed by atoms with Gasteiger partial charge in [0.25, 0.3) is 5.91 Å². The number of para-hydroxylation sites is 2. The Morgan fingerprint density at radius 1 is 0.914 bits per heavy atom. The summed E-state index contributed by atoms with van der Waals surface area (Å²) < 4.78 is -0.306. The molecule has 0 bridgehead atoms. The Kier molecular flexibility index (Phi) is 6.62. The standard InChI is InChI=1S/C30H31N3O2/c1-2-19-32(24-15-7-4-8-16-24)30(34)28-25-17-9-10-18-27(25)31-29(23-13-5-3-6-14-23)26(28)22-33(35)20-11-12-21-33/h3-10,13-18H,2,11-12,19-22H2,1H3. The van der Waals surface area contributed by atoms with Gasteiger partial charge in [0.15, 0.2) is 0 Å². The fourth-order valence-electron chi connectivity index (χ4n) is 5.16. The highest BCUT2D eigenvalue weighted by Crippen LogP contribution is 2.35. The van der Waals surface area contributed by atoms with Crippen LogP contribution in [0.2, 0.25) is 0 Å². The van der Waals surface area contributed by atoms with E-state index in [9.17, 15) is 10.0 Å². The summed E-state index contributed by atoms with van der Waals surface area (Å²) in [7, 11) is 0. The molecule has 1 amide bonds. The lowest BCUT2D eigenvalue weighted by atomic mass is 9.94. The lowest BCUT2D eigenvalue weighted by Crippen LogP contribution is -2.40. The van der Waals surface area contributed by atoms with Gasteiger partial charge >= 0.3 is 0 Å². The quantitative estimate of drug-likeness (QED) is 0.229. The Morgan fingerprint density at radius 2 is 1.54 bits per heavy atom. The maximum absolute atomic E-state index is 14.4. The van der Waals surface area contributed by atoms with Crippen LogP contribution in [0.5, 0.6) is 0 Å². The van der Waals surface area contributed by atoms with E-state index >= 15 is 0 Å². The van der Waals surface area contributed by atoms with Gasteiger partial charge in [-0.2, -0.15) is 0 Å². The Bertz CT molecular complexity index is 1320. The van der Waals surface area contributed by atoms with Crippen molar-refractivity contribution in [3.05, 3.63) is 101 Å². The number of carbonyl (C=O) groups is 1. The van der Waals surface area contributed by atoms with Gasteiger partial charge in [0.1, 0.15) is 6.54 Å². The van der Waals surface area contributed by atoms with Crippen LogP contribution in [0.1, 0.15) is 42.1 Å². The van der Waals surface area contributed by atoms with E-state index in [4.69, 9.17) is 4.98 Å². The fourth-order valence-corrected chi connectivity index (χ4v) is 5.16. The Labute approximate surface area is 206 Å². The van der Waals surface area contributed by atoms with Gasteiger partial charge < -0.3 is 14.8 Å². The first-order valence-corrected chi connectivity index (χ1v) is 12.5. The lowest BCUT2D eigenvalue weighted by Gasteiger charge is -2.39. The molecule has 5 heteroatoms. The molecule has 1 aliphatic heterocycles. The van der Waals surface area contributed by atoms with Gasteiger partial charge in [-0.1, -0.05) is 73.7 Å². The first-order valence-electron chi connectivity index (χ1n) is 12.5. The molecule has 1 aliphatic rings. The third kappa shape index (κ3) is 4.70. The smallest absolute Gasteiger partial charge is 0.259 e. The molecule has 1 aromatic heterocycles. The maximum Gasteiger partial charge on any atom is 0.259 e. The molecule has 5 rings (SSSR count).